The van der Waals surface area contributed by atoms with Gasteiger partial charge in [-0.3, -0.25) is 20.4 Å². The average Bonchev–Trinajstić information content (AvgIpc) is 3.05. The van der Waals surface area contributed by atoms with E-state index in [1.54, 1.807) is 6.07 Å². The first-order valence-corrected chi connectivity index (χ1v) is 8.35. The minimum atomic E-state index is -0.854. The summed E-state index contributed by atoms with van der Waals surface area (Å²) < 4.78 is 19.2. The highest BCUT2D eigenvalue weighted by molar-refractivity contribution is 7.20. The molecule has 7 heteroatoms. The Labute approximate surface area is 147 Å². The molecule has 25 heavy (non-hydrogen) atoms. The van der Waals surface area contributed by atoms with Crippen LogP contribution in [0.2, 0.25) is 0 Å². The van der Waals surface area contributed by atoms with E-state index in [-0.39, 0.29) is 5.82 Å². The number of halogens is 1. The number of benzene rings is 2. The summed E-state index contributed by atoms with van der Waals surface area (Å²) in [7, 11) is 0. The monoisotopic (exact) mass is 358 g/mol. The summed E-state index contributed by atoms with van der Waals surface area (Å²) in [5.41, 5.74) is 4.69. The quantitative estimate of drug-likeness (QED) is 0.704. The lowest BCUT2D eigenvalue weighted by molar-refractivity contribution is -0.128. The van der Waals surface area contributed by atoms with Gasteiger partial charge in [0.15, 0.2) is 6.10 Å². The van der Waals surface area contributed by atoms with Gasteiger partial charge >= 0.3 is 0 Å². The highest BCUT2D eigenvalue weighted by Crippen LogP contribution is 2.24. The SMILES string of the molecule is CC(Oc1ccc(F)cc1)C(=O)NNC(=O)c1cc2ccccc2s1. The zero-order valence-electron chi connectivity index (χ0n) is 13.3. The van der Waals surface area contributed by atoms with Crippen LogP contribution in [0.3, 0.4) is 0 Å². The second kappa shape index (κ2) is 7.31. The summed E-state index contributed by atoms with van der Waals surface area (Å²) in [6.45, 7) is 1.53. The number of carbonyl (C=O) groups excluding carboxylic acids is 2. The summed E-state index contributed by atoms with van der Waals surface area (Å²) in [4.78, 5) is 24.6. The van der Waals surface area contributed by atoms with E-state index in [0.29, 0.717) is 10.6 Å². The Bertz CT molecular complexity index is 875. The first-order valence-electron chi connectivity index (χ1n) is 7.54. The Hall–Kier alpha value is -2.93. The predicted molar refractivity (Wildman–Crippen MR) is 93.9 cm³/mol. The molecule has 0 fully saturated rings. The van der Waals surface area contributed by atoms with E-state index in [1.165, 1.54) is 42.5 Å². The van der Waals surface area contributed by atoms with Crippen molar-refractivity contribution in [3.63, 3.8) is 0 Å². The molecule has 2 aromatic carbocycles. The molecule has 2 amide bonds. The molecule has 128 valence electrons. The Morgan fingerprint density at radius 3 is 2.52 bits per heavy atom. The predicted octanol–water partition coefficient (Wildman–Crippen LogP) is 3.27. The lowest BCUT2D eigenvalue weighted by Crippen LogP contribution is -2.47. The van der Waals surface area contributed by atoms with Crippen molar-refractivity contribution < 1.29 is 18.7 Å². The van der Waals surface area contributed by atoms with E-state index < -0.39 is 17.9 Å². The van der Waals surface area contributed by atoms with Crippen LogP contribution in [0.5, 0.6) is 5.75 Å². The van der Waals surface area contributed by atoms with Crippen LogP contribution in [0.1, 0.15) is 16.6 Å². The molecule has 0 aliphatic rings. The van der Waals surface area contributed by atoms with Crippen molar-refractivity contribution in [2.24, 2.45) is 0 Å². The maximum absolute atomic E-state index is 12.8. The van der Waals surface area contributed by atoms with Gasteiger partial charge in [0.05, 0.1) is 4.88 Å². The van der Waals surface area contributed by atoms with Crippen molar-refractivity contribution in [1.29, 1.82) is 0 Å². The number of rotatable bonds is 4. The van der Waals surface area contributed by atoms with Crippen LogP contribution in [-0.2, 0) is 4.79 Å². The summed E-state index contributed by atoms with van der Waals surface area (Å²) >= 11 is 1.34. The van der Waals surface area contributed by atoms with E-state index in [4.69, 9.17) is 4.74 Å². The van der Waals surface area contributed by atoms with Gasteiger partial charge in [0, 0.05) is 4.70 Å². The zero-order chi connectivity index (χ0) is 17.8. The van der Waals surface area contributed by atoms with E-state index in [9.17, 15) is 14.0 Å². The summed E-state index contributed by atoms with van der Waals surface area (Å²) in [6, 6.07) is 14.7. The highest BCUT2D eigenvalue weighted by Gasteiger charge is 2.17. The molecule has 5 nitrogen and oxygen atoms in total. The number of hydrogen-bond donors (Lipinski definition) is 2. The smallest absolute Gasteiger partial charge is 0.279 e. The van der Waals surface area contributed by atoms with Gasteiger partial charge in [0.1, 0.15) is 11.6 Å². The van der Waals surface area contributed by atoms with Crippen molar-refractivity contribution in [1.82, 2.24) is 10.9 Å². The molecule has 3 aromatic rings. The molecular formula is C18H15FN2O3S. The molecule has 0 saturated heterocycles. The molecular weight excluding hydrogens is 343 g/mol. The summed E-state index contributed by atoms with van der Waals surface area (Å²) in [6.07, 6.45) is -0.854. The first-order chi connectivity index (χ1) is 12.0. The first kappa shape index (κ1) is 16.9. The number of fused-ring (bicyclic) bond motifs is 1. The fourth-order valence-electron chi connectivity index (χ4n) is 2.15. The van der Waals surface area contributed by atoms with Crippen LogP contribution in [0, 0.1) is 5.82 Å². The molecule has 1 heterocycles. The normalized spacial score (nSPS) is 11.8. The molecule has 1 atom stereocenters. The molecule has 0 saturated carbocycles. The molecule has 2 N–H and O–H groups in total. The molecule has 0 aliphatic heterocycles. The van der Waals surface area contributed by atoms with Gasteiger partial charge in [0.25, 0.3) is 11.8 Å². The van der Waals surface area contributed by atoms with Crippen molar-refractivity contribution in [3.05, 3.63) is 65.3 Å². The molecule has 3 rings (SSSR count). The fraction of sp³-hybridized carbons (Fsp3) is 0.111. The van der Waals surface area contributed by atoms with Gasteiger partial charge in [0.2, 0.25) is 0 Å². The number of thiophene rings is 1. The largest absolute Gasteiger partial charge is 0.481 e. The maximum atomic E-state index is 12.8. The standard InChI is InChI=1S/C18H15FN2O3S/c1-11(24-14-8-6-13(19)7-9-14)17(22)20-21-18(23)16-10-12-4-2-3-5-15(12)25-16/h2-11H,1H3,(H,20,22)(H,21,23). The van der Waals surface area contributed by atoms with Gasteiger partial charge in [-0.1, -0.05) is 18.2 Å². The minimum Gasteiger partial charge on any atom is -0.481 e. The van der Waals surface area contributed by atoms with E-state index in [1.807, 2.05) is 24.3 Å². The van der Waals surface area contributed by atoms with Gasteiger partial charge in [-0.05, 0) is 48.7 Å². The summed E-state index contributed by atoms with van der Waals surface area (Å²) in [5, 5.41) is 0.969. The molecule has 0 bridgehead atoms. The minimum absolute atomic E-state index is 0.361. The number of hydrogen-bond acceptors (Lipinski definition) is 4. The highest BCUT2D eigenvalue weighted by atomic mass is 32.1. The van der Waals surface area contributed by atoms with Crippen LogP contribution in [0.4, 0.5) is 4.39 Å². The number of hydrazine groups is 1. The second-order valence-electron chi connectivity index (χ2n) is 5.31. The summed E-state index contributed by atoms with van der Waals surface area (Å²) in [5.74, 6) is -0.942. The lowest BCUT2D eigenvalue weighted by atomic mass is 10.2. The fourth-order valence-corrected chi connectivity index (χ4v) is 3.10. The molecule has 1 aromatic heterocycles. The maximum Gasteiger partial charge on any atom is 0.279 e. The van der Waals surface area contributed by atoms with Gasteiger partial charge in [-0.2, -0.15) is 0 Å². The molecule has 1 unspecified atom stereocenters. The zero-order valence-corrected chi connectivity index (χ0v) is 14.1. The molecule has 0 radical (unpaired) electrons. The number of amides is 2. The number of carbonyl (C=O) groups is 2. The van der Waals surface area contributed by atoms with Crippen molar-refractivity contribution in [2.45, 2.75) is 13.0 Å². The topological polar surface area (TPSA) is 67.4 Å². The average molecular weight is 358 g/mol. The molecule has 0 aliphatic carbocycles. The van der Waals surface area contributed by atoms with Gasteiger partial charge < -0.3 is 4.74 Å². The third kappa shape index (κ3) is 4.13. The number of nitrogens with one attached hydrogen (secondary N) is 2. The van der Waals surface area contributed by atoms with E-state index >= 15 is 0 Å². The van der Waals surface area contributed by atoms with Crippen molar-refractivity contribution >= 4 is 33.2 Å². The van der Waals surface area contributed by atoms with Gasteiger partial charge in [-0.25, -0.2) is 4.39 Å². The van der Waals surface area contributed by atoms with Crippen LogP contribution >= 0.6 is 11.3 Å². The number of ether oxygens (including phenoxy) is 1. The van der Waals surface area contributed by atoms with E-state index in [0.717, 1.165) is 10.1 Å². The van der Waals surface area contributed by atoms with E-state index in [2.05, 4.69) is 10.9 Å². The van der Waals surface area contributed by atoms with Gasteiger partial charge in [-0.15, -0.1) is 11.3 Å². The Balaban J connectivity index is 1.55. The Kier molecular flexibility index (Phi) is 4.95. The van der Waals surface area contributed by atoms with Crippen LogP contribution in [0.25, 0.3) is 10.1 Å². The third-order valence-electron chi connectivity index (χ3n) is 3.44. The lowest BCUT2D eigenvalue weighted by Gasteiger charge is -2.14. The van der Waals surface area contributed by atoms with Crippen molar-refractivity contribution in [3.8, 4) is 5.75 Å². The molecule has 0 spiro atoms. The van der Waals surface area contributed by atoms with Crippen LogP contribution in [-0.4, -0.2) is 17.9 Å². The second-order valence-corrected chi connectivity index (χ2v) is 6.39. The van der Waals surface area contributed by atoms with Crippen molar-refractivity contribution in [2.75, 3.05) is 0 Å². The Morgan fingerprint density at radius 1 is 1.08 bits per heavy atom. The Morgan fingerprint density at radius 2 is 1.80 bits per heavy atom. The third-order valence-corrected chi connectivity index (χ3v) is 4.56. The van der Waals surface area contributed by atoms with Crippen LogP contribution in [0.15, 0.2) is 54.6 Å². The van der Waals surface area contributed by atoms with Crippen LogP contribution < -0.4 is 15.6 Å².